The fourth-order valence-corrected chi connectivity index (χ4v) is 3.26. The Hall–Kier alpha value is -1.32. The molecule has 2 fully saturated rings. The molecule has 1 aliphatic heterocycles. The van der Waals surface area contributed by atoms with Gasteiger partial charge in [0.05, 0.1) is 6.10 Å². The molecule has 1 aromatic heterocycles. The van der Waals surface area contributed by atoms with Crippen molar-refractivity contribution in [2.75, 3.05) is 6.61 Å². The van der Waals surface area contributed by atoms with Crippen LogP contribution in [0.2, 0.25) is 0 Å². The molecule has 1 saturated carbocycles. The predicted octanol–water partition coefficient (Wildman–Crippen LogP) is 3.46. The number of hydrogen-bond acceptors (Lipinski definition) is 2. The van der Waals surface area contributed by atoms with Gasteiger partial charge >= 0.3 is 0 Å². The number of fused-ring (bicyclic) bond motifs is 1. The maximum absolute atomic E-state index is 5.72. The van der Waals surface area contributed by atoms with Gasteiger partial charge in [0.15, 0.2) is 0 Å². The van der Waals surface area contributed by atoms with Crippen LogP contribution in [-0.2, 0) is 17.8 Å². The summed E-state index contributed by atoms with van der Waals surface area (Å²) in [7, 11) is 0. The number of ether oxygens (including phenoxy) is 1. The molecular formula is C18H24N2O. The Labute approximate surface area is 126 Å². The second kappa shape index (κ2) is 5.82. The molecule has 3 heteroatoms. The fraction of sp³-hybridized carbons (Fsp3) is 0.556. The highest BCUT2D eigenvalue weighted by molar-refractivity contribution is 5.80. The number of rotatable bonds is 6. The molecule has 1 aliphatic carbocycles. The Morgan fingerprint density at radius 3 is 2.95 bits per heavy atom. The number of nitrogens with zero attached hydrogens (tertiary/aromatic N) is 1. The second-order valence-corrected chi connectivity index (χ2v) is 6.48. The molecule has 1 aromatic carbocycles. The smallest absolute Gasteiger partial charge is 0.0593 e. The van der Waals surface area contributed by atoms with E-state index in [1.807, 2.05) is 0 Å². The minimum absolute atomic E-state index is 0.476. The van der Waals surface area contributed by atoms with Crippen molar-refractivity contribution < 1.29 is 4.74 Å². The Bertz CT molecular complexity index is 609. The van der Waals surface area contributed by atoms with Crippen LogP contribution in [0.1, 0.15) is 37.7 Å². The Morgan fingerprint density at radius 2 is 2.14 bits per heavy atom. The zero-order chi connectivity index (χ0) is 14.1. The molecule has 4 rings (SSSR count). The first-order chi connectivity index (χ1) is 10.4. The van der Waals surface area contributed by atoms with Crippen molar-refractivity contribution in [3.63, 3.8) is 0 Å². The van der Waals surface area contributed by atoms with E-state index in [0.717, 1.165) is 32.2 Å². The maximum atomic E-state index is 5.72. The topological polar surface area (TPSA) is 26.2 Å². The largest absolute Gasteiger partial charge is 0.378 e. The molecule has 1 N–H and O–H groups in total. The molecule has 2 aromatic rings. The molecule has 112 valence electrons. The molecule has 0 radical (unpaired) electrons. The number of aryl methyl sites for hydroxylation is 1. The lowest BCUT2D eigenvalue weighted by Crippen LogP contribution is -2.15. The van der Waals surface area contributed by atoms with E-state index in [0.29, 0.717) is 6.10 Å². The lowest BCUT2D eigenvalue weighted by atomic mass is 10.1. The molecule has 2 heterocycles. The van der Waals surface area contributed by atoms with Gasteiger partial charge in [0, 0.05) is 37.5 Å². The molecule has 1 unspecified atom stereocenters. The van der Waals surface area contributed by atoms with E-state index in [9.17, 15) is 0 Å². The Balaban J connectivity index is 1.43. The molecule has 0 amide bonds. The number of benzene rings is 1. The van der Waals surface area contributed by atoms with E-state index in [1.165, 1.54) is 42.1 Å². The average Bonchev–Trinajstić information content (AvgIpc) is 3.03. The third-order valence-electron chi connectivity index (χ3n) is 4.72. The first-order valence-electron chi connectivity index (χ1n) is 8.31. The summed E-state index contributed by atoms with van der Waals surface area (Å²) >= 11 is 0. The maximum Gasteiger partial charge on any atom is 0.0593 e. The molecule has 2 aliphatic rings. The monoisotopic (exact) mass is 284 g/mol. The predicted molar refractivity (Wildman–Crippen MR) is 85.4 cm³/mol. The summed E-state index contributed by atoms with van der Waals surface area (Å²) in [6.45, 7) is 3.02. The van der Waals surface area contributed by atoms with Gasteiger partial charge in [-0.2, -0.15) is 0 Å². The van der Waals surface area contributed by atoms with Crippen LogP contribution in [0.25, 0.3) is 10.9 Å². The Morgan fingerprint density at radius 1 is 1.19 bits per heavy atom. The van der Waals surface area contributed by atoms with Gasteiger partial charge in [-0.1, -0.05) is 6.07 Å². The fourth-order valence-electron chi connectivity index (χ4n) is 3.26. The minimum Gasteiger partial charge on any atom is -0.378 e. The summed E-state index contributed by atoms with van der Waals surface area (Å²) in [5.41, 5.74) is 2.74. The van der Waals surface area contributed by atoms with E-state index in [1.54, 1.807) is 0 Å². The highest BCUT2D eigenvalue weighted by Crippen LogP contribution is 2.22. The van der Waals surface area contributed by atoms with E-state index in [2.05, 4.69) is 40.3 Å². The second-order valence-electron chi connectivity index (χ2n) is 6.48. The first kappa shape index (κ1) is 13.4. The van der Waals surface area contributed by atoms with Crippen LogP contribution >= 0.6 is 0 Å². The van der Waals surface area contributed by atoms with E-state index in [-0.39, 0.29) is 0 Å². The van der Waals surface area contributed by atoms with Crippen molar-refractivity contribution >= 4 is 10.9 Å². The standard InChI is InChI=1S/C18H24N2O/c1-2-17(21-11-1)8-10-20-9-7-15-12-14(3-6-18(15)20)13-19-16-4-5-16/h3,6-7,9,12,16-17,19H,1-2,4-5,8,10-11,13H2. The lowest BCUT2D eigenvalue weighted by molar-refractivity contribution is 0.101. The van der Waals surface area contributed by atoms with Gasteiger partial charge in [-0.15, -0.1) is 0 Å². The molecule has 3 nitrogen and oxygen atoms in total. The van der Waals surface area contributed by atoms with Gasteiger partial charge in [-0.05, 0) is 61.3 Å². The molecule has 0 spiro atoms. The van der Waals surface area contributed by atoms with E-state index >= 15 is 0 Å². The molecule has 1 atom stereocenters. The zero-order valence-electron chi connectivity index (χ0n) is 12.6. The summed E-state index contributed by atoms with van der Waals surface area (Å²) < 4.78 is 8.09. The highest BCUT2D eigenvalue weighted by atomic mass is 16.5. The number of aromatic nitrogens is 1. The molecule has 0 bridgehead atoms. The van der Waals surface area contributed by atoms with Crippen LogP contribution < -0.4 is 5.32 Å². The lowest BCUT2D eigenvalue weighted by Gasteiger charge is -2.11. The van der Waals surface area contributed by atoms with Gasteiger partial charge in [0.2, 0.25) is 0 Å². The third-order valence-corrected chi connectivity index (χ3v) is 4.72. The van der Waals surface area contributed by atoms with Crippen molar-refractivity contribution in [3.05, 3.63) is 36.0 Å². The van der Waals surface area contributed by atoms with Crippen LogP contribution in [0.5, 0.6) is 0 Å². The van der Waals surface area contributed by atoms with Crippen molar-refractivity contribution in [3.8, 4) is 0 Å². The van der Waals surface area contributed by atoms with Gasteiger partial charge < -0.3 is 14.6 Å². The molecule has 1 saturated heterocycles. The van der Waals surface area contributed by atoms with Crippen molar-refractivity contribution in [2.24, 2.45) is 0 Å². The van der Waals surface area contributed by atoms with Crippen molar-refractivity contribution in [1.29, 1.82) is 0 Å². The van der Waals surface area contributed by atoms with Crippen LogP contribution in [0.3, 0.4) is 0 Å². The average molecular weight is 284 g/mol. The van der Waals surface area contributed by atoms with Crippen LogP contribution in [-0.4, -0.2) is 23.3 Å². The minimum atomic E-state index is 0.476. The quantitative estimate of drug-likeness (QED) is 0.879. The summed E-state index contributed by atoms with van der Waals surface area (Å²) in [5, 5.41) is 4.94. The van der Waals surface area contributed by atoms with E-state index < -0.39 is 0 Å². The van der Waals surface area contributed by atoms with Gasteiger partial charge in [-0.25, -0.2) is 0 Å². The number of hydrogen-bond donors (Lipinski definition) is 1. The van der Waals surface area contributed by atoms with Gasteiger partial charge in [0.25, 0.3) is 0 Å². The van der Waals surface area contributed by atoms with Crippen LogP contribution in [0.15, 0.2) is 30.5 Å². The molecule has 21 heavy (non-hydrogen) atoms. The highest BCUT2D eigenvalue weighted by Gasteiger charge is 2.20. The SMILES string of the molecule is c1cc2c(ccn2CCC2CCCO2)cc1CNC1CC1. The van der Waals surface area contributed by atoms with Crippen molar-refractivity contribution in [2.45, 2.75) is 57.3 Å². The zero-order valence-corrected chi connectivity index (χ0v) is 12.6. The van der Waals surface area contributed by atoms with Crippen molar-refractivity contribution in [1.82, 2.24) is 9.88 Å². The first-order valence-corrected chi connectivity index (χ1v) is 8.31. The molecular weight excluding hydrogens is 260 g/mol. The normalized spacial score (nSPS) is 22.2. The van der Waals surface area contributed by atoms with Gasteiger partial charge in [-0.3, -0.25) is 0 Å². The van der Waals surface area contributed by atoms with E-state index in [4.69, 9.17) is 4.74 Å². The Kier molecular flexibility index (Phi) is 3.70. The third kappa shape index (κ3) is 3.14. The number of nitrogens with one attached hydrogen (secondary N) is 1. The summed E-state index contributed by atoms with van der Waals surface area (Å²) in [6.07, 6.45) is 8.99. The van der Waals surface area contributed by atoms with Crippen LogP contribution in [0.4, 0.5) is 0 Å². The summed E-state index contributed by atoms with van der Waals surface area (Å²) in [6, 6.07) is 9.88. The van der Waals surface area contributed by atoms with Crippen LogP contribution in [0, 0.1) is 0 Å². The summed E-state index contributed by atoms with van der Waals surface area (Å²) in [5.74, 6) is 0. The van der Waals surface area contributed by atoms with Gasteiger partial charge in [0.1, 0.15) is 0 Å². The summed E-state index contributed by atoms with van der Waals surface area (Å²) in [4.78, 5) is 0.